The molecule has 0 amide bonds. The predicted octanol–water partition coefficient (Wildman–Crippen LogP) is 11.0. The van der Waals surface area contributed by atoms with Gasteiger partial charge in [-0.05, 0) is 85.1 Å². The highest BCUT2D eigenvalue weighted by atomic mass is 16.3. The van der Waals surface area contributed by atoms with E-state index in [2.05, 4.69) is 150 Å². The number of allylic oxidation sites excluding steroid dienone is 1. The molecule has 0 spiro atoms. The Morgan fingerprint density at radius 2 is 1.29 bits per heavy atom. The predicted molar refractivity (Wildman–Crippen MR) is 188 cm³/mol. The standard InChI is InChI=1S/C41H29N3O/c1-3-11-36-26(2)31-14-7-9-16-37(31)43(36)29-19-20-39-33(23-29)32-15-8-10-17-38(32)44(39)30-24-35-34-22-28(27-12-5-4-6-13-27)18-21-40(34)45-41(35)42-25-30/h3-25H,1-2H3. The van der Waals surface area contributed by atoms with E-state index in [1.165, 1.54) is 38.5 Å². The molecule has 0 aliphatic carbocycles. The van der Waals surface area contributed by atoms with Gasteiger partial charge in [0.15, 0.2) is 0 Å². The summed E-state index contributed by atoms with van der Waals surface area (Å²) in [4.78, 5) is 4.83. The van der Waals surface area contributed by atoms with Gasteiger partial charge in [0.25, 0.3) is 0 Å². The number of nitrogens with zero attached hydrogens (tertiary/aromatic N) is 3. The second-order valence-electron chi connectivity index (χ2n) is 11.6. The van der Waals surface area contributed by atoms with Gasteiger partial charge in [-0.1, -0.05) is 78.9 Å². The van der Waals surface area contributed by atoms with E-state index in [0.717, 1.165) is 44.3 Å². The number of fused-ring (bicyclic) bond motifs is 7. The molecular weight excluding hydrogens is 550 g/mol. The fourth-order valence-electron chi connectivity index (χ4n) is 7.02. The third kappa shape index (κ3) is 3.82. The lowest BCUT2D eigenvalue weighted by Crippen LogP contribution is -1.98. The van der Waals surface area contributed by atoms with E-state index in [1.807, 2.05) is 12.3 Å². The summed E-state index contributed by atoms with van der Waals surface area (Å²) in [6.45, 7) is 4.29. The van der Waals surface area contributed by atoms with Crippen LogP contribution in [0.5, 0.6) is 0 Å². The van der Waals surface area contributed by atoms with Gasteiger partial charge in [-0.25, -0.2) is 4.98 Å². The largest absolute Gasteiger partial charge is 0.438 e. The van der Waals surface area contributed by atoms with E-state index >= 15 is 0 Å². The number of aryl methyl sites for hydroxylation is 1. The molecule has 9 aromatic rings. The van der Waals surface area contributed by atoms with Crippen LogP contribution in [0.4, 0.5) is 0 Å². The van der Waals surface area contributed by atoms with Gasteiger partial charge in [0.05, 0.1) is 33.8 Å². The summed E-state index contributed by atoms with van der Waals surface area (Å²) in [5.41, 5.74) is 12.0. The molecule has 0 saturated carbocycles. The molecule has 0 atom stereocenters. The van der Waals surface area contributed by atoms with Crippen molar-refractivity contribution in [2.24, 2.45) is 0 Å². The monoisotopic (exact) mass is 579 g/mol. The average molecular weight is 580 g/mol. The smallest absolute Gasteiger partial charge is 0.227 e. The Morgan fingerprint density at radius 1 is 0.578 bits per heavy atom. The second kappa shape index (κ2) is 9.83. The Morgan fingerprint density at radius 3 is 2.11 bits per heavy atom. The minimum Gasteiger partial charge on any atom is -0.438 e. The first-order chi connectivity index (χ1) is 22.2. The molecule has 0 bridgehead atoms. The molecule has 0 radical (unpaired) electrons. The lowest BCUT2D eigenvalue weighted by Gasteiger charge is -2.11. The molecule has 0 aliphatic heterocycles. The summed E-state index contributed by atoms with van der Waals surface area (Å²) in [6, 6.07) is 43.2. The molecule has 4 heteroatoms. The van der Waals surface area contributed by atoms with Gasteiger partial charge in [0, 0.05) is 32.9 Å². The molecule has 0 saturated heterocycles. The first kappa shape index (κ1) is 25.6. The zero-order valence-electron chi connectivity index (χ0n) is 25.0. The highest BCUT2D eigenvalue weighted by molar-refractivity contribution is 6.11. The third-order valence-corrected chi connectivity index (χ3v) is 9.09. The zero-order chi connectivity index (χ0) is 30.1. The fourth-order valence-corrected chi connectivity index (χ4v) is 7.02. The number of hydrogen-bond donors (Lipinski definition) is 0. The van der Waals surface area contributed by atoms with Crippen molar-refractivity contribution in [3.63, 3.8) is 0 Å². The molecule has 0 unspecified atom stereocenters. The number of para-hydroxylation sites is 2. The van der Waals surface area contributed by atoms with Crippen molar-refractivity contribution in [2.75, 3.05) is 0 Å². The maximum absolute atomic E-state index is 6.19. The van der Waals surface area contributed by atoms with E-state index in [4.69, 9.17) is 9.40 Å². The van der Waals surface area contributed by atoms with Gasteiger partial charge in [0.1, 0.15) is 5.58 Å². The fraction of sp³-hybridized carbons (Fsp3) is 0.0488. The summed E-state index contributed by atoms with van der Waals surface area (Å²) in [5, 5.41) is 5.76. The number of pyridine rings is 1. The van der Waals surface area contributed by atoms with E-state index in [0.29, 0.717) is 5.71 Å². The molecule has 5 aromatic carbocycles. The van der Waals surface area contributed by atoms with Crippen molar-refractivity contribution < 1.29 is 4.42 Å². The van der Waals surface area contributed by atoms with Crippen LogP contribution >= 0.6 is 0 Å². The maximum atomic E-state index is 6.19. The summed E-state index contributed by atoms with van der Waals surface area (Å²) < 4.78 is 10.9. The maximum Gasteiger partial charge on any atom is 0.227 e. The van der Waals surface area contributed by atoms with Crippen molar-refractivity contribution in [3.8, 4) is 22.5 Å². The lowest BCUT2D eigenvalue weighted by atomic mass is 10.0. The Bertz CT molecular complexity index is 2610. The van der Waals surface area contributed by atoms with Gasteiger partial charge in [0.2, 0.25) is 5.71 Å². The summed E-state index contributed by atoms with van der Waals surface area (Å²) in [6.07, 6.45) is 6.26. The molecule has 4 aromatic heterocycles. The molecule has 4 heterocycles. The van der Waals surface area contributed by atoms with Gasteiger partial charge < -0.3 is 13.6 Å². The van der Waals surface area contributed by atoms with Gasteiger partial charge in [-0.2, -0.15) is 0 Å². The third-order valence-electron chi connectivity index (χ3n) is 9.09. The Hall–Kier alpha value is -5.87. The summed E-state index contributed by atoms with van der Waals surface area (Å²) in [7, 11) is 0. The SMILES string of the molecule is CC=Cc1c(C)c2ccccc2n1-c1ccc2c(c1)c1ccccc1n2-c1cnc2oc3ccc(-c4ccccc4)cc3c2c1. The van der Waals surface area contributed by atoms with Crippen LogP contribution in [-0.4, -0.2) is 14.1 Å². The van der Waals surface area contributed by atoms with Crippen molar-refractivity contribution in [1.82, 2.24) is 14.1 Å². The lowest BCUT2D eigenvalue weighted by molar-refractivity contribution is 0.654. The average Bonchev–Trinajstić information content (AvgIpc) is 3.72. The van der Waals surface area contributed by atoms with E-state index in [1.54, 1.807) is 0 Å². The number of furan rings is 1. The Kier molecular flexibility index (Phi) is 5.59. The molecular formula is C41H29N3O. The first-order valence-electron chi connectivity index (χ1n) is 15.3. The highest BCUT2D eigenvalue weighted by Crippen LogP contribution is 2.38. The normalized spacial score (nSPS) is 12.1. The Balaban J connectivity index is 1.27. The second-order valence-corrected chi connectivity index (χ2v) is 11.6. The van der Waals surface area contributed by atoms with Gasteiger partial charge in [-0.15, -0.1) is 0 Å². The zero-order valence-corrected chi connectivity index (χ0v) is 25.0. The van der Waals surface area contributed by atoms with Crippen LogP contribution in [0.15, 0.2) is 138 Å². The molecule has 214 valence electrons. The van der Waals surface area contributed by atoms with Crippen molar-refractivity contribution in [2.45, 2.75) is 13.8 Å². The topological polar surface area (TPSA) is 35.9 Å². The molecule has 4 nitrogen and oxygen atoms in total. The van der Waals surface area contributed by atoms with Crippen LogP contribution in [0, 0.1) is 6.92 Å². The molecule has 0 fully saturated rings. The van der Waals surface area contributed by atoms with E-state index in [-0.39, 0.29) is 0 Å². The first-order valence-corrected chi connectivity index (χ1v) is 15.3. The number of hydrogen-bond acceptors (Lipinski definition) is 2. The number of benzene rings is 5. The van der Waals surface area contributed by atoms with Crippen LogP contribution in [0.1, 0.15) is 18.2 Å². The molecule has 9 rings (SSSR count). The van der Waals surface area contributed by atoms with Crippen LogP contribution in [0.2, 0.25) is 0 Å². The van der Waals surface area contributed by atoms with Crippen LogP contribution < -0.4 is 0 Å². The van der Waals surface area contributed by atoms with Crippen molar-refractivity contribution in [1.29, 1.82) is 0 Å². The molecule has 45 heavy (non-hydrogen) atoms. The molecule has 0 aliphatic rings. The molecule has 0 N–H and O–H groups in total. The van der Waals surface area contributed by atoms with E-state index in [9.17, 15) is 0 Å². The quantitative estimate of drug-likeness (QED) is 0.208. The summed E-state index contributed by atoms with van der Waals surface area (Å²) in [5.74, 6) is 0. The minimum atomic E-state index is 0.647. The van der Waals surface area contributed by atoms with Crippen molar-refractivity contribution >= 4 is 60.9 Å². The van der Waals surface area contributed by atoms with Crippen LogP contribution in [0.3, 0.4) is 0 Å². The number of aromatic nitrogens is 3. The Labute approximate surface area is 260 Å². The summed E-state index contributed by atoms with van der Waals surface area (Å²) >= 11 is 0. The van der Waals surface area contributed by atoms with Gasteiger partial charge in [-0.3, -0.25) is 0 Å². The highest BCUT2D eigenvalue weighted by Gasteiger charge is 2.18. The van der Waals surface area contributed by atoms with Crippen LogP contribution in [-0.2, 0) is 0 Å². The van der Waals surface area contributed by atoms with Crippen molar-refractivity contribution in [3.05, 3.63) is 145 Å². The van der Waals surface area contributed by atoms with E-state index < -0.39 is 0 Å². The minimum absolute atomic E-state index is 0.647. The van der Waals surface area contributed by atoms with Gasteiger partial charge >= 0.3 is 0 Å². The van der Waals surface area contributed by atoms with Crippen LogP contribution in [0.25, 0.3) is 83.4 Å². The number of rotatable bonds is 4.